The predicted molar refractivity (Wildman–Crippen MR) is 82.2 cm³/mol. The third kappa shape index (κ3) is 2.98. The summed E-state index contributed by atoms with van der Waals surface area (Å²) in [5, 5.41) is 8.76. The fraction of sp³-hybridized carbons (Fsp3) is 0.333. The standard InChI is InChI=1S/C12H14N6O2S2/c1-7-8(3-6-20-7)10-15-16-11(18(10)13)21-12-14-9(17-22-12)4-5-19-2/h3,6H,4-5,13H2,1-2H3. The summed E-state index contributed by atoms with van der Waals surface area (Å²) in [5.41, 5.74) is 0.819. The first-order chi connectivity index (χ1) is 10.7. The molecule has 0 saturated heterocycles. The van der Waals surface area contributed by atoms with Crippen LogP contribution in [0, 0.1) is 6.92 Å². The minimum Gasteiger partial charge on any atom is -0.469 e. The van der Waals surface area contributed by atoms with Gasteiger partial charge in [-0.05, 0) is 36.3 Å². The molecule has 0 aliphatic rings. The monoisotopic (exact) mass is 338 g/mol. The molecule has 3 aromatic rings. The highest BCUT2D eigenvalue weighted by Gasteiger charge is 2.17. The van der Waals surface area contributed by atoms with Crippen LogP contribution in [0.2, 0.25) is 0 Å². The number of ether oxygens (including phenoxy) is 1. The quantitative estimate of drug-likeness (QED) is 0.678. The Balaban J connectivity index is 1.78. The lowest BCUT2D eigenvalue weighted by atomic mass is 10.2. The van der Waals surface area contributed by atoms with Crippen molar-refractivity contribution < 1.29 is 9.15 Å². The summed E-state index contributed by atoms with van der Waals surface area (Å²) in [5.74, 6) is 8.11. The maximum atomic E-state index is 6.06. The smallest absolute Gasteiger partial charge is 0.217 e. The molecule has 0 unspecified atom stereocenters. The number of rotatable bonds is 6. The summed E-state index contributed by atoms with van der Waals surface area (Å²) in [6, 6.07) is 1.81. The summed E-state index contributed by atoms with van der Waals surface area (Å²) < 4.78 is 16.7. The Hall–Kier alpha value is -1.91. The van der Waals surface area contributed by atoms with Gasteiger partial charge in [0.25, 0.3) is 0 Å². The Kier molecular flexibility index (Phi) is 4.41. The van der Waals surface area contributed by atoms with Crippen LogP contribution in [0.4, 0.5) is 0 Å². The van der Waals surface area contributed by atoms with Crippen LogP contribution >= 0.6 is 23.3 Å². The van der Waals surface area contributed by atoms with Crippen molar-refractivity contribution in [3.8, 4) is 11.4 Å². The average molecular weight is 338 g/mol. The molecule has 3 aromatic heterocycles. The molecule has 0 amide bonds. The first-order valence-electron chi connectivity index (χ1n) is 6.43. The van der Waals surface area contributed by atoms with Crippen LogP contribution in [-0.2, 0) is 11.2 Å². The van der Waals surface area contributed by atoms with E-state index in [9.17, 15) is 0 Å². The number of nitrogens with two attached hydrogens (primary N) is 1. The van der Waals surface area contributed by atoms with Gasteiger partial charge in [0.2, 0.25) is 5.16 Å². The summed E-state index contributed by atoms with van der Waals surface area (Å²) >= 11 is 2.63. The third-order valence-electron chi connectivity index (χ3n) is 2.92. The molecule has 10 heteroatoms. The van der Waals surface area contributed by atoms with Gasteiger partial charge in [0.15, 0.2) is 10.2 Å². The number of hydrogen-bond donors (Lipinski definition) is 1. The number of methoxy groups -OCH3 is 1. The maximum Gasteiger partial charge on any atom is 0.217 e. The van der Waals surface area contributed by atoms with Gasteiger partial charge >= 0.3 is 0 Å². The van der Waals surface area contributed by atoms with Crippen LogP contribution in [0.3, 0.4) is 0 Å². The number of nitrogen functional groups attached to an aromatic ring is 1. The predicted octanol–water partition coefficient (Wildman–Crippen LogP) is 1.75. The van der Waals surface area contributed by atoms with Gasteiger partial charge in [-0.15, -0.1) is 10.2 Å². The van der Waals surface area contributed by atoms with E-state index in [0.717, 1.165) is 21.5 Å². The van der Waals surface area contributed by atoms with Crippen molar-refractivity contribution in [1.82, 2.24) is 24.2 Å². The Morgan fingerprint density at radius 2 is 2.32 bits per heavy atom. The van der Waals surface area contributed by atoms with Crippen molar-refractivity contribution in [3.05, 3.63) is 23.9 Å². The van der Waals surface area contributed by atoms with Gasteiger partial charge < -0.3 is 15.0 Å². The number of hydrogen-bond acceptors (Lipinski definition) is 9. The van der Waals surface area contributed by atoms with E-state index in [1.54, 1.807) is 13.4 Å². The molecular formula is C12H14N6O2S2. The molecule has 0 fully saturated rings. The molecule has 0 bridgehead atoms. The van der Waals surface area contributed by atoms with Gasteiger partial charge in [0.1, 0.15) is 11.6 Å². The van der Waals surface area contributed by atoms with Crippen molar-refractivity contribution in [3.63, 3.8) is 0 Å². The number of aromatic nitrogens is 5. The Labute approximate surface area is 134 Å². The van der Waals surface area contributed by atoms with E-state index in [2.05, 4.69) is 19.6 Å². The highest BCUT2D eigenvalue weighted by atomic mass is 32.2. The molecule has 0 atom stereocenters. The summed E-state index contributed by atoms with van der Waals surface area (Å²) in [6.45, 7) is 2.45. The zero-order valence-corrected chi connectivity index (χ0v) is 13.6. The minimum absolute atomic E-state index is 0.546. The summed E-state index contributed by atoms with van der Waals surface area (Å²) in [6.07, 6.45) is 2.28. The molecule has 22 heavy (non-hydrogen) atoms. The minimum atomic E-state index is 0.546. The molecule has 0 aromatic carbocycles. The molecule has 0 radical (unpaired) electrons. The van der Waals surface area contributed by atoms with E-state index in [-0.39, 0.29) is 0 Å². The topological polar surface area (TPSA) is 105 Å². The second kappa shape index (κ2) is 6.46. The second-order valence-electron chi connectivity index (χ2n) is 4.39. The van der Waals surface area contributed by atoms with Crippen molar-refractivity contribution in [2.75, 3.05) is 19.6 Å². The Bertz CT molecular complexity index is 765. The van der Waals surface area contributed by atoms with Crippen LogP contribution in [0.25, 0.3) is 11.4 Å². The van der Waals surface area contributed by atoms with Gasteiger partial charge in [-0.1, -0.05) is 0 Å². The average Bonchev–Trinajstić information content (AvgIpc) is 3.20. The Morgan fingerprint density at radius 1 is 1.45 bits per heavy atom. The molecule has 2 N–H and O–H groups in total. The number of nitrogens with zero attached hydrogens (tertiary/aromatic N) is 5. The molecule has 0 aliphatic carbocycles. The van der Waals surface area contributed by atoms with Crippen molar-refractivity contribution in [2.24, 2.45) is 0 Å². The molecule has 0 spiro atoms. The zero-order chi connectivity index (χ0) is 15.5. The molecule has 116 valence electrons. The van der Waals surface area contributed by atoms with Gasteiger partial charge in [-0.3, -0.25) is 0 Å². The highest BCUT2D eigenvalue weighted by molar-refractivity contribution is 8.00. The fourth-order valence-corrected chi connectivity index (χ4v) is 3.32. The van der Waals surface area contributed by atoms with Crippen LogP contribution in [0.15, 0.2) is 26.2 Å². The SMILES string of the molecule is COCCc1nsc(Sc2nnc(-c3ccoc3C)n2N)n1. The van der Waals surface area contributed by atoms with Gasteiger partial charge in [0.05, 0.1) is 18.4 Å². The van der Waals surface area contributed by atoms with Gasteiger partial charge in [-0.25, -0.2) is 9.66 Å². The molecule has 0 aliphatic heterocycles. The molecular weight excluding hydrogens is 324 g/mol. The first kappa shape index (κ1) is 15.0. The molecule has 8 nitrogen and oxygen atoms in total. The normalized spacial score (nSPS) is 11.2. The molecule has 3 heterocycles. The Morgan fingerprint density at radius 3 is 3.05 bits per heavy atom. The van der Waals surface area contributed by atoms with Crippen LogP contribution in [0.5, 0.6) is 0 Å². The number of furan rings is 1. The summed E-state index contributed by atoms with van der Waals surface area (Å²) in [4.78, 5) is 4.41. The van der Waals surface area contributed by atoms with Gasteiger partial charge in [-0.2, -0.15) is 4.37 Å². The van der Waals surface area contributed by atoms with Crippen LogP contribution in [-0.4, -0.2) is 37.9 Å². The van der Waals surface area contributed by atoms with Gasteiger partial charge in [0, 0.05) is 13.5 Å². The highest BCUT2D eigenvalue weighted by Crippen LogP contribution is 2.30. The third-order valence-corrected chi connectivity index (χ3v) is 4.67. The van der Waals surface area contributed by atoms with Crippen molar-refractivity contribution >= 4 is 23.3 Å². The van der Waals surface area contributed by atoms with E-state index in [1.807, 2.05) is 13.0 Å². The lowest BCUT2D eigenvalue weighted by molar-refractivity contribution is 0.200. The lowest BCUT2D eigenvalue weighted by Gasteiger charge is -2.00. The zero-order valence-electron chi connectivity index (χ0n) is 12.0. The van der Waals surface area contributed by atoms with E-state index < -0.39 is 0 Å². The number of aryl methyl sites for hydroxylation is 1. The first-order valence-corrected chi connectivity index (χ1v) is 8.02. The van der Waals surface area contributed by atoms with E-state index in [4.69, 9.17) is 15.0 Å². The van der Waals surface area contributed by atoms with E-state index in [0.29, 0.717) is 24.0 Å². The second-order valence-corrected chi connectivity index (χ2v) is 6.35. The van der Waals surface area contributed by atoms with Crippen LogP contribution < -0.4 is 5.84 Å². The fourth-order valence-electron chi connectivity index (χ4n) is 1.80. The van der Waals surface area contributed by atoms with Crippen LogP contribution in [0.1, 0.15) is 11.6 Å². The van der Waals surface area contributed by atoms with E-state index >= 15 is 0 Å². The van der Waals surface area contributed by atoms with E-state index in [1.165, 1.54) is 28.0 Å². The molecule has 3 rings (SSSR count). The summed E-state index contributed by atoms with van der Waals surface area (Å²) in [7, 11) is 1.65. The molecule has 0 saturated carbocycles. The maximum absolute atomic E-state index is 6.06. The van der Waals surface area contributed by atoms with Crippen molar-refractivity contribution in [1.29, 1.82) is 0 Å². The largest absolute Gasteiger partial charge is 0.469 e. The lowest BCUT2D eigenvalue weighted by Crippen LogP contribution is -2.11. The van der Waals surface area contributed by atoms with Crippen molar-refractivity contribution in [2.45, 2.75) is 22.8 Å².